The van der Waals surface area contributed by atoms with Crippen molar-refractivity contribution in [2.45, 2.75) is 38.1 Å². The first-order chi connectivity index (χ1) is 10.4. The first-order valence-electron chi connectivity index (χ1n) is 6.86. The molecule has 1 N–H and O–H groups in total. The number of ether oxygens (including phenoxy) is 1. The molecule has 0 spiro atoms. The monoisotopic (exact) mass is 329 g/mol. The van der Waals surface area contributed by atoms with Crippen LogP contribution in [-0.2, 0) is 0 Å². The van der Waals surface area contributed by atoms with Crippen LogP contribution in [0.1, 0.15) is 43.1 Å². The Morgan fingerprint density at radius 2 is 1.95 bits per heavy atom. The van der Waals surface area contributed by atoms with Gasteiger partial charge in [0.15, 0.2) is 0 Å². The molecule has 118 valence electrons. The summed E-state index contributed by atoms with van der Waals surface area (Å²) in [5, 5.41) is 3.94. The van der Waals surface area contributed by atoms with Crippen molar-refractivity contribution in [1.82, 2.24) is 9.36 Å². The molecule has 0 aliphatic heterocycles. The summed E-state index contributed by atoms with van der Waals surface area (Å²) in [5.74, 6) is 1.16. The highest BCUT2D eigenvalue weighted by atomic mass is 32.1. The Hall–Kier alpha value is -1.83. The van der Waals surface area contributed by atoms with Gasteiger partial charge in [-0.25, -0.2) is 4.98 Å². The minimum Gasteiger partial charge on any atom is -0.406 e. The van der Waals surface area contributed by atoms with Crippen LogP contribution in [0.4, 0.5) is 18.3 Å². The third kappa shape index (κ3) is 3.88. The quantitative estimate of drug-likeness (QED) is 0.878. The van der Waals surface area contributed by atoms with E-state index in [-0.39, 0.29) is 11.8 Å². The van der Waals surface area contributed by atoms with Crippen molar-refractivity contribution in [3.8, 4) is 5.75 Å². The number of nitrogens with zero attached hydrogens (tertiary/aromatic N) is 2. The van der Waals surface area contributed by atoms with E-state index in [9.17, 15) is 13.2 Å². The molecule has 22 heavy (non-hydrogen) atoms. The Morgan fingerprint density at radius 1 is 1.27 bits per heavy atom. The summed E-state index contributed by atoms with van der Waals surface area (Å²) in [6.07, 6.45) is -2.38. The van der Waals surface area contributed by atoms with Gasteiger partial charge in [0.05, 0.1) is 6.04 Å². The van der Waals surface area contributed by atoms with Crippen molar-refractivity contribution >= 4 is 16.7 Å². The van der Waals surface area contributed by atoms with E-state index >= 15 is 0 Å². The number of alkyl halides is 3. The van der Waals surface area contributed by atoms with E-state index in [2.05, 4.69) is 19.4 Å². The van der Waals surface area contributed by atoms with Gasteiger partial charge in [-0.1, -0.05) is 12.1 Å². The van der Waals surface area contributed by atoms with Crippen molar-refractivity contribution in [1.29, 1.82) is 0 Å². The van der Waals surface area contributed by atoms with Crippen LogP contribution >= 0.6 is 11.5 Å². The van der Waals surface area contributed by atoms with Crippen LogP contribution in [0.5, 0.6) is 5.75 Å². The third-order valence-electron chi connectivity index (χ3n) is 3.34. The molecular weight excluding hydrogens is 315 g/mol. The zero-order valence-corrected chi connectivity index (χ0v) is 12.5. The van der Waals surface area contributed by atoms with Gasteiger partial charge in [-0.15, -0.1) is 13.2 Å². The van der Waals surface area contributed by atoms with E-state index in [0.29, 0.717) is 5.92 Å². The largest absolute Gasteiger partial charge is 0.573 e. The van der Waals surface area contributed by atoms with Crippen molar-refractivity contribution in [2.24, 2.45) is 0 Å². The molecule has 1 saturated carbocycles. The molecule has 1 aromatic carbocycles. The molecule has 1 atom stereocenters. The maximum atomic E-state index is 12.1. The average molecular weight is 329 g/mol. The van der Waals surface area contributed by atoms with Crippen molar-refractivity contribution in [2.75, 3.05) is 5.32 Å². The first-order valence-corrected chi connectivity index (χ1v) is 7.64. The maximum absolute atomic E-state index is 12.1. The van der Waals surface area contributed by atoms with Crippen LogP contribution in [0.15, 0.2) is 24.3 Å². The van der Waals surface area contributed by atoms with E-state index < -0.39 is 6.36 Å². The summed E-state index contributed by atoms with van der Waals surface area (Å²) in [6.45, 7) is 1.91. The predicted octanol–water partition coefficient (Wildman–Crippen LogP) is 4.49. The van der Waals surface area contributed by atoms with Gasteiger partial charge in [0, 0.05) is 17.5 Å². The second kappa shape index (κ2) is 5.75. The molecule has 0 bridgehead atoms. The zero-order chi connectivity index (χ0) is 15.7. The average Bonchev–Trinajstić information content (AvgIpc) is 3.19. The fraction of sp³-hybridized carbons (Fsp3) is 0.429. The van der Waals surface area contributed by atoms with Crippen LogP contribution in [0.3, 0.4) is 0 Å². The van der Waals surface area contributed by atoms with Crippen LogP contribution < -0.4 is 10.1 Å². The topological polar surface area (TPSA) is 47.0 Å². The smallest absolute Gasteiger partial charge is 0.406 e. The molecule has 0 saturated heterocycles. The van der Waals surface area contributed by atoms with E-state index in [0.717, 1.165) is 29.4 Å². The molecule has 1 fully saturated rings. The number of anilines is 1. The predicted molar refractivity (Wildman–Crippen MR) is 77.0 cm³/mol. The number of halogens is 3. The second-order valence-electron chi connectivity index (χ2n) is 5.21. The van der Waals surface area contributed by atoms with Crippen molar-refractivity contribution < 1.29 is 17.9 Å². The lowest BCUT2D eigenvalue weighted by molar-refractivity contribution is -0.274. The van der Waals surface area contributed by atoms with Crippen LogP contribution in [0, 0.1) is 0 Å². The van der Waals surface area contributed by atoms with Crippen LogP contribution in [-0.4, -0.2) is 15.7 Å². The van der Waals surface area contributed by atoms with Gasteiger partial charge < -0.3 is 10.1 Å². The number of hydrogen-bond acceptors (Lipinski definition) is 5. The molecule has 1 aliphatic carbocycles. The molecule has 1 heterocycles. The molecule has 0 radical (unpaired) electrons. The third-order valence-corrected chi connectivity index (χ3v) is 4.00. The van der Waals surface area contributed by atoms with Gasteiger partial charge in [-0.2, -0.15) is 4.37 Å². The Morgan fingerprint density at radius 3 is 2.55 bits per heavy atom. The minimum atomic E-state index is -4.67. The number of benzene rings is 1. The summed E-state index contributed by atoms with van der Waals surface area (Å²) in [7, 11) is 0. The van der Waals surface area contributed by atoms with Crippen LogP contribution in [0.25, 0.3) is 0 Å². The Kier molecular flexibility index (Phi) is 3.94. The Bertz CT molecular complexity index is 638. The molecular formula is C14H14F3N3OS. The Balaban J connectivity index is 1.62. The first kappa shape index (κ1) is 15.1. The van der Waals surface area contributed by atoms with Gasteiger partial charge in [0.2, 0.25) is 5.13 Å². The number of nitrogens with one attached hydrogen (secondary N) is 1. The highest BCUT2D eigenvalue weighted by Crippen LogP contribution is 2.39. The highest BCUT2D eigenvalue weighted by Gasteiger charge is 2.31. The van der Waals surface area contributed by atoms with E-state index in [1.54, 1.807) is 12.1 Å². The SMILES string of the molecule is C[C@H](Nc1nc(C2CC2)ns1)c1ccc(OC(F)(F)F)cc1. The molecule has 1 aliphatic rings. The normalized spacial score (nSPS) is 16.4. The van der Waals surface area contributed by atoms with Crippen molar-refractivity contribution in [3.05, 3.63) is 35.7 Å². The number of rotatable bonds is 5. The lowest BCUT2D eigenvalue weighted by atomic mass is 10.1. The fourth-order valence-electron chi connectivity index (χ4n) is 2.03. The van der Waals surface area contributed by atoms with Crippen LogP contribution in [0.2, 0.25) is 0 Å². The van der Waals surface area contributed by atoms with Gasteiger partial charge >= 0.3 is 6.36 Å². The maximum Gasteiger partial charge on any atom is 0.573 e. The molecule has 8 heteroatoms. The lowest BCUT2D eigenvalue weighted by Gasteiger charge is -2.14. The van der Waals surface area contributed by atoms with Gasteiger partial charge in [-0.3, -0.25) is 0 Å². The summed E-state index contributed by atoms with van der Waals surface area (Å²) >= 11 is 1.31. The summed E-state index contributed by atoms with van der Waals surface area (Å²) < 4.78 is 44.5. The van der Waals surface area contributed by atoms with Crippen molar-refractivity contribution in [3.63, 3.8) is 0 Å². The summed E-state index contributed by atoms with van der Waals surface area (Å²) in [5.41, 5.74) is 0.845. The molecule has 0 unspecified atom stereocenters. The van der Waals surface area contributed by atoms with E-state index in [1.165, 1.54) is 23.7 Å². The molecule has 4 nitrogen and oxygen atoms in total. The fourth-order valence-corrected chi connectivity index (χ4v) is 2.76. The molecule has 1 aromatic heterocycles. The number of aromatic nitrogens is 2. The Labute approximate surface area is 129 Å². The molecule has 2 aromatic rings. The summed E-state index contributed by atoms with van der Waals surface area (Å²) in [4.78, 5) is 4.43. The van der Waals surface area contributed by atoms with E-state index in [4.69, 9.17) is 0 Å². The van der Waals surface area contributed by atoms with E-state index in [1.807, 2.05) is 6.92 Å². The molecule has 3 rings (SSSR count). The zero-order valence-electron chi connectivity index (χ0n) is 11.7. The summed E-state index contributed by atoms with van der Waals surface area (Å²) in [6, 6.07) is 5.72. The lowest BCUT2D eigenvalue weighted by Crippen LogP contribution is -2.17. The number of hydrogen-bond donors (Lipinski definition) is 1. The van der Waals surface area contributed by atoms with Gasteiger partial charge in [0.25, 0.3) is 0 Å². The highest BCUT2D eigenvalue weighted by molar-refractivity contribution is 7.09. The minimum absolute atomic E-state index is 0.0834. The standard InChI is InChI=1S/C14H14F3N3OS/c1-8(18-13-19-12(20-22-13)10-2-3-10)9-4-6-11(7-5-9)21-14(15,16)17/h4-8,10H,2-3H2,1H3,(H,18,19,20)/t8-/m0/s1. The molecule has 0 amide bonds. The van der Waals surface area contributed by atoms with Gasteiger partial charge in [0.1, 0.15) is 11.6 Å². The second-order valence-corrected chi connectivity index (χ2v) is 5.97. The van der Waals surface area contributed by atoms with Gasteiger partial charge in [-0.05, 0) is 37.5 Å².